The normalized spacial score (nSPS) is 20.1. The van der Waals surface area contributed by atoms with Crippen LogP contribution in [0.25, 0.3) is 0 Å². The summed E-state index contributed by atoms with van der Waals surface area (Å²) in [5, 5.41) is 11.3. The lowest BCUT2D eigenvalue weighted by Crippen LogP contribution is -2.47. The van der Waals surface area contributed by atoms with Crippen molar-refractivity contribution in [2.24, 2.45) is 16.8 Å². The first-order valence-electron chi connectivity index (χ1n) is 6.63. The van der Waals surface area contributed by atoms with Crippen molar-refractivity contribution in [1.82, 2.24) is 8.61 Å². The van der Waals surface area contributed by atoms with Gasteiger partial charge in [0.25, 0.3) is 10.2 Å². The lowest BCUT2D eigenvalue weighted by molar-refractivity contribution is 0.266. The quantitative estimate of drug-likeness (QED) is 0.321. The van der Waals surface area contributed by atoms with Crippen LogP contribution in [0.15, 0.2) is 5.16 Å². The van der Waals surface area contributed by atoms with Gasteiger partial charge in [0.05, 0.1) is 0 Å². The molecule has 8 heteroatoms. The maximum absolute atomic E-state index is 12.4. The van der Waals surface area contributed by atoms with E-state index in [9.17, 15) is 8.42 Å². The van der Waals surface area contributed by atoms with Crippen molar-refractivity contribution in [3.63, 3.8) is 0 Å². The highest BCUT2D eigenvalue weighted by atomic mass is 32.2. The molecule has 0 amide bonds. The summed E-state index contributed by atoms with van der Waals surface area (Å²) >= 11 is 0. The molecule has 0 saturated carbocycles. The van der Waals surface area contributed by atoms with Crippen LogP contribution in [-0.4, -0.2) is 54.3 Å². The smallest absolute Gasteiger partial charge is 0.281 e. The van der Waals surface area contributed by atoms with Gasteiger partial charge in [-0.15, -0.1) is 0 Å². The van der Waals surface area contributed by atoms with Gasteiger partial charge in [0.15, 0.2) is 0 Å². The van der Waals surface area contributed by atoms with E-state index in [1.54, 1.807) is 6.92 Å². The topological polar surface area (TPSA) is 99.2 Å². The monoisotopic (exact) mass is 292 g/mol. The van der Waals surface area contributed by atoms with Gasteiger partial charge in [0, 0.05) is 32.6 Å². The molecule has 0 atom stereocenters. The van der Waals surface area contributed by atoms with Crippen molar-refractivity contribution in [1.29, 1.82) is 0 Å². The number of amidine groups is 1. The molecule has 112 valence electrons. The second-order valence-electron chi connectivity index (χ2n) is 4.92. The molecule has 3 N–H and O–H groups in total. The van der Waals surface area contributed by atoms with Gasteiger partial charge >= 0.3 is 0 Å². The predicted molar refractivity (Wildman–Crippen MR) is 74.2 cm³/mol. The molecule has 1 aliphatic heterocycles. The zero-order chi connectivity index (χ0) is 14.5. The molecule has 0 radical (unpaired) electrons. The molecule has 0 spiro atoms. The molecule has 1 heterocycles. The summed E-state index contributed by atoms with van der Waals surface area (Å²) < 4.78 is 27.8. The first-order chi connectivity index (χ1) is 8.91. The van der Waals surface area contributed by atoms with E-state index in [-0.39, 0.29) is 18.8 Å². The Balaban J connectivity index is 2.67. The molecule has 1 saturated heterocycles. The molecule has 0 aromatic rings. The van der Waals surface area contributed by atoms with Crippen LogP contribution in [0.4, 0.5) is 0 Å². The Labute approximate surface area is 115 Å². The Morgan fingerprint density at radius 3 is 2.53 bits per heavy atom. The highest BCUT2D eigenvalue weighted by Crippen LogP contribution is 2.20. The average molecular weight is 292 g/mol. The van der Waals surface area contributed by atoms with Crippen molar-refractivity contribution < 1.29 is 13.6 Å². The van der Waals surface area contributed by atoms with Crippen molar-refractivity contribution in [2.75, 3.05) is 26.2 Å². The zero-order valence-electron chi connectivity index (χ0n) is 11.6. The summed E-state index contributed by atoms with van der Waals surface area (Å²) in [6.45, 7) is 5.69. The number of nitrogens with two attached hydrogens (primary N) is 1. The highest BCUT2D eigenvalue weighted by molar-refractivity contribution is 7.86. The van der Waals surface area contributed by atoms with Crippen LogP contribution < -0.4 is 5.73 Å². The third kappa shape index (κ3) is 4.32. The second kappa shape index (κ2) is 7.06. The van der Waals surface area contributed by atoms with E-state index >= 15 is 0 Å². The van der Waals surface area contributed by atoms with Gasteiger partial charge < -0.3 is 10.9 Å². The Hall–Kier alpha value is -0.860. The first kappa shape index (κ1) is 16.2. The van der Waals surface area contributed by atoms with Crippen LogP contribution in [0.1, 0.15) is 33.1 Å². The molecular weight excluding hydrogens is 268 g/mol. The number of oxime groups is 1. The largest absolute Gasteiger partial charge is 0.409 e. The number of piperidine rings is 1. The van der Waals surface area contributed by atoms with E-state index in [2.05, 4.69) is 12.1 Å². The standard InChI is InChI=1S/C11H24N4O3S/c1-3-14(9-6-11(12)13-16)19(17,18)15-7-4-10(2)5-8-15/h10,16H,3-9H2,1-2H3,(H2,12,13). The third-order valence-corrected chi connectivity index (χ3v) is 5.60. The minimum atomic E-state index is -3.43. The number of hydrogen-bond acceptors (Lipinski definition) is 4. The van der Waals surface area contributed by atoms with Gasteiger partial charge in [-0.25, -0.2) is 0 Å². The summed E-state index contributed by atoms with van der Waals surface area (Å²) in [6, 6.07) is 0. The summed E-state index contributed by atoms with van der Waals surface area (Å²) in [5.41, 5.74) is 5.38. The summed E-state index contributed by atoms with van der Waals surface area (Å²) in [6.07, 6.45) is 2.03. The van der Waals surface area contributed by atoms with E-state index in [4.69, 9.17) is 10.9 Å². The SMILES string of the molecule is CCN(CCC(N)=NO)S(=O)(=O)N1CCC(C)CC1. The molecule has 1 rings (SSSR count). The fourth-order valence-electron chi connectivity index (χ4n) is 2.10. The Bertz CT molecular complexity index is 402. The molecular formula is C11H24N4O3S. The second-order valence-corrected chi connectivity index (χ2v) is 6.85. The molecule has 1 fully saturated rings. The van der Waals surface area contributed by atoms with Gasteiger partial charge in [0.2, 0.25) is 0 Å². The number of nitrogens with zero attached hydrogens (tertiary/aromatic N) is 3. The van der Waals surface area contributed by atoms with Crippen molar-refractivity contribution in [3.05, 3.63) is 0 Å². The van der Waals surface area contributed by atoms with E-state index in [0.717, 1.165) is 12.8 Å². The lowest BCUT2D eigenvalue weighted by Gasteiger charge is -2.33. The predicted octanol–water partition coefficient (Wildman–Crippen LogP) is 0.422. The van der Waals surface area contributed by atoms with Crippen molar-refractivity contribution >= 4 is 16.0 Å². The van der Waals surface area contributed by atoms with E-state index in [1.165, 1.54) is 8.61 Å². The van der Waals surface area contributed by atoms with Crippen LogP contribution in [0.3, 0.4) is 0 Å². The number of rotatable bonds is 6. The molecule has 0 unspecified atom stereocenters. The lowest BCUT2D eigenvalue weighted by atomic mass is 10.0. The highest BCUT2D eigenvalue weighted by Gasteiger charge is 2.31. The van der Waals surface area contributed by atoms with Crippen LogP contribution in [0.5, 0.6) is 0 Å². The Morgan fingerprint density at radius 1 is 1.47 bits per heavy atom. The third-order valence-electron chi connectivity index (χ3n) is 3.49. The molecule has 0 aromatic carbocycles. The zero-order valence-corrected chi connectivity index (χ0v) is 12.4. The van der Waals surface area contributed by atoms with Gasteiger partial charge in [-0.1, -0.05) is 19.0 Å². The van der Waals surface area contributed by atoms with Crippen LogP contribution in [0.2, 0.25) is 0 Å². The molecule has 0 aliphatic carbocycles. The fraction of sp³-hybridized carbons (Fsp3) is 0.909. The minimum Gasteiger partial charge on any atom is -0.409 e. The Morgan fingerprint density at radius 2 is 2.05 bits per heavy atom. The van der Waals surface area contributed by atoms with Gasteiger partial charge in [0.1, 0.15) is 5.84 Å². The summed E-state index contributed by atoms with van der Waals surface area (Å²) in [4.78, 5) is 0. The van der Waals surface area contributed by atoms with Gasteiger partial charge in [-0.2, -0.15) is 17.0 Å². The first-order valence-corrected chi connectivity index (χ1v) is 8.03. The summed E-state index contributed by atoms with van der Waals surface area (Å²) in [5.74, 6) is 0.625. The summed E-state index contributed by atoms with van der Waals surface area (Å²) in [7, 11) is -3.43. The Kier molecular flexibility index (Phi) is 6.02. The molecule has 1 aliphatic rings. The van der Waals surface area contributed by atoms with Crippen LogP contribution >= 0.6 is 0 Å². The van der Waals surface area contributed by atoms with Crippen LogP contribution in [-0.2, 0) is 10.2 Å². The minimum absolute atomic E-state index is 0.0425. The van der Waals surface area contributed by atoms with Gasteiger partial charge in [-0.05, 0) is 18.8 Å². The van der Waals surface area contributed by atoms with Crippen molar-refractivity contribution in [3.8, 4) is 0 Å². The average Bonchev–Trinajstić information content (AvgIpc) is 2.39. The van der Waals surface area contributed by atoms with E-state index in [1.807, 2.05) is 0 Å². The maximum atomic E-state index is 12.4. The fourth-order valence-corrected chi connectivity index (χ4v) is 3.75. The molecule has 0 bridgehead atoms. The van der Waals surface area contributed by atoms with Crippen molar-refractivity contribution in [2.45, 2.75) is 33.1 Å². The maximum Gasteiger partial charge on any atom is 0.281 e. The molecule has 7 nitrogen and oxygen atoms in total. The van der Waals surface area contributed by atoms with E-state index < -0.39 is 10.2 Å². The van der Waals surface area contributed by atoms with Gasteiger partial charge in [-0.3, -0.25) is 0 Å². The van der Waals surface area contributed by atoms with E-state index in [0.29, 0.717) is 25.6 Å². The molecule has 19 heavy (non-hydrogen) atoms. The molecule has 0 aromatic heterocycles. The van der Waals surface area contributed by atoms with Crippen LogP contribution in [0, 0.1) is 5.92 Å². The number of hydrogen-bond donors (Lipinski definition) is 2.